The van der Waals surface area contributed by atoms with Gasteiger partial charge in [0.1, 0.15) is 0 Å². The van der Waals surface area contributed by atoms with Crippen LogP contribution in [0.5, 0.6) is 0 Å². The summed E-state index contributed by atoms with van der Waals surface area (Å²) in [5, 5.41) is 0.683. The second-order valence-corrected chi connectivity index (χ2v) is 4.43. The molecule has 0 radical (unpaired) electrons. The van der Waals surface area contributed by atoms with Crippen molar-refractivity contribution >= 4 is 29.9 Å². The Hall–Kier alpha value is -0.770. The molecule has 0 heterocycles. The number of halogens is 2. The van der Waals surface area contributed by atoms with E-state index in [1.807, 2.05) is 31.2 Å². The van der Waals surface area contributed by atoms with E-state index in [0.717, 1.165) is 5.56 Å². The first kappa shape index (κ1) is 16.2. The maximum atomic E-state index is 11.7. The van der Waals surface area contributed by atoms with Crippen molar-refractivity contribution in [2.75, 3.05) is 7.05 Å². The van der Waals surface area contributed by atoms with Crippen molar-refractivity contribution in [3.05, 3.63) is 34.9 Å². The molecule has 1 rings (SSSR count). The lowest BCUT2D eigenvalue weighted by atomic mass is 10.2. The van der Waals surface area contributed by atoms with E-state index in [0.29, 0.717) is 18.0 Å². The van der Waals surface area contributed by atoms with E-state index in [4.69, 9.17) is 17.3 Å². The molecule has 1 aromatic rings. The van der Waals surface area contributed by atoms with Gasteiger partial charge >= 0.3 is 0 Å². The van der Waals surface area contributed by atoms with Gasteiger partial charge in [0.05, 0.1) is 0 Å². The Kier molecular flexibility index (Phi) is 7.19. The molecule has 3 nitrogen and oxygen atoms in total. The summed E-state index contributed by atoms with van der Waals surface area (Å²) in [6.07, 6.45) is 0.362. The predicted molar refractivity (Wildman–Crippen MR) is 73.4 cm³/mol. The van der Waals surface area contributed by atoms with Crippen LogP contribution in [-0.2, 0) is 11.3 Å². The number of nitrogens with zero attached hydrogens (tertiary/aromatic N) is 1. The topological polar surface area (TPSA) is 46.3 Å². The molecule has 0 saturated carbocycles. The van der Waals surface area contributed by atoms with Gasteiger partial charge in [0, 0.05) is 31.1 Å². The average Bonchev–Trinajstić information content (AvgIpc) is 2.20. The number of carbonyl (C=O) groups excluding carboxylic acids is 1. The summed E-state index contributed by atoms with van der Waals surface area (Å²) in [5.74, 6) is 0.0370. The van der Waals surface area contributed by atoms with Crippen molar-refractivity contribution in [1.29, 1.82) is 0 Å². The molecule has 0 saturated heterocycles. The maximum absolute atomic E-state index is 11.7. The summed E-state index contributed by atoms with van der Waals surface area (Å²) >= 11 is 6.02. The first-order valence-corrected chi connectivity index (χ1v) is 5.61. The van der Waals surface area contributed by atoms with Crippen molar-refractivity contribution in [3.63, 3.8) is 0 Å². The molecule has 96 valence electrons. The van der Waals surface area contributed by atoms with Gasteiger partial charge in [0.15, 0.2) is 0 Å². The Morgan fingerprint density at radius 2 is 2.06 bits per heavy atom. The smallest absolute Gasteiger partial charge is 0.224 e. The Morgan fingerprint density at radius 3 is 2.59 bits per heavy atom. The zero-order chi connectivity index (χ0) is 12.1. The molecule has 1 unspecified atom stereocenters. The van der Waals surface area contributed by atoms with E-state index < -0.39 is 0 Å². The third-order valence-corrected chi connectivity index (χ3v) is 2.66. The van der Waals surface area contributed by atoms with Gasteiger partial charge < -0.3 is 10.6 Å². The van der Waals surface area contributed by atoms with Gasteiger partial charge in [-0.05, 0) is 18.6 Å². The van der Waals surface area contributed by atoms with E-state index in [-0.39, 0.29) is 24.4 Å². The second-order valence-electron chi connectivity index (χ2n) is 4.02. The van der Waals surface area contributed by atoms with E-state index in [1.54, 1.807) is 11.9 Å². The van der Waals surface area contributed by atoms with Crippen LogP contribution in [0.25, 0.3) is 0 Å². The molecule has 1 aromatic carbocycles. The zero-order valence-corrected chi connectivity index (χ0v) is 11.6. The molecular formula is C12H18Cl2N2O. The van der Waals surface area contributed by atoms with Gasteiger partial charge in [-0.25, -0.2) is 0 Å². The summed E-state index contributed by atoms with van der Waals surface area (Å²) in [7, 11) is 1.76. The van der Waals surface area contributed by atoms with E-state index in [9.17, 15) is 4.79 Å². The minimum atomic E-state index is -0.110. The number of rotatable bonds is 4. The predicted octanol–water partition coefficient (Wildman–Crippen LogP) is 2.46. The molecule has 1 atom stereocenters. The molecule has 1 amide bonds. The van der Waals surface area contributed by atoms with Crippen molar-refractivity contribution in [3.8, 4) is 0 Å². The standard InChI is InChI=1S/C12H17ClN2O.ClH/c1-9(14)7-12(16)15(2)8-10-5-3-4-6-11(10)13;/h3-6,9H,7-8,14H2,1-2H3;1H. The van der Waals surface area contributed by atoms with Gasteiger partial charge in [0.25, 0.3) is 0 Å². The molecule has 17 heavy (non-hydrogen) atoms. The van der Waals surface area contributed by atoms with Gasteiger partial charge in [-0.1, -0.05) is 29.8 Å². The van der Waals surface area contributed by atoms with Crippen molar-refractivity contribution < 1.29 is 4.79 Å². The highest BCUT2D eigenvalue weighted by molar-refractivity contribution is 6.31. The molecule has 0 spiro atoms. The molecule has 0 aliphatic carbocycles. The number of amides is 1. The van der Waals surface area contributed by atoms with Crippen LogP contribution in [0.2, 0.25) is 5.02 Å². The summed E-state index contributed by atoms with van der Waals surface area (Å²) in [6.45, 7) is 2.34. The largest absolute Gasteiger partial charge is 0.341 e. The number of hydrogen-bond acceptors (Lipinski definition) is 2. The van der Waals surface area contributed by atoms with Crippen molar-refractivity contribution in [2.24, 2.45) is 5.73 Å². The van der Waals surface area contributed by atoms with E-state index in [2.05, 4.69) is 0 Å². The van der Waals surface area contributed by atoms with Crippen LogP contribution in [0, 0.1) is 0 Å². The molecule has 0 fully saturated rings. The SMILES string of the molecule is CC(N)CC(=O)N(C)Cc1ccccc1Cl.Cl. The molecule has 0 aliphatic rings. The van der Waals surface area contributed by atoms with E-state index >= 15 is 0 Å². The number of hydrogen-bond donors (Lipinski definition) is 1. The molecule has 5 heteroatoms. The molecule has 0 bridgehead atoms. The fraction of sp³-hybridized carbons (Fsp3) is 0.417. The minimum Gasteiger partial charge on any atom is -0.341 e. The van der Waals surface area contributed by atoms with Crippen molar-refractivity contribution in [1.82, 2.24) is 4.90 Å². The Morgan fingerprint density at radius 1 is 1.47 bits per heavy atom. The summed E-state index contributed by atoms with van der Waals surface area (Å²) in [4.78, 5) is 13.3. The van der Waals surface area contributed by atoms with Crippen LogP contribution >= 0.6 is 24.0 Å². The monoisotopic (exact) mass is 276 g/mol. The molecule has 0 aromatic heterocycles. The normalized spacial score (nSPS) is 11.5. The van der Waals surface area contributed by atoms with Gasteiger partial charge in [-0.3, -0.25) is 4.79 Å². The third-order valence-electron chi connectivity index (χ3n) is 2.29. The highest BCUT2D eigenvalue weighted by Gasteiger charge is 2.12. The fourth-order valence-electron chi connectivity index (χ4n) is 1.40. The first-order chi connectivity index (χ1) is 7.50. The number of nitrogens with two attached hydrogens (primary N) is 1. The number of carbonyl (C=O) groups is 1. The van der Waals surface area contributed by atoms with Gasteiger partial charge in [0.2, 0.25) is 5.91 Å². The average molecular weight is 277 g/mol. The summed E-state index contributed by atoms with van der Waals surface area (Å²) in [6, 6.07) is 7.40. The Labute approximate surface area is 113 Å². The third kappa shape index (κ3) is 5.39. The van der Waals surface area contributed by atoms with Crippen LogP contribution < -0.4 is 5.73 Å². The van der Waals surface area contributed by atoms with Crippen LogP contribution in [-0.4, -0.2) is 23.9 Å². The molecule has 0 aliphatic heterocycles. The summed E-state index contributed by atoms with van der Waals surface area (Å²) in [5.41, 5.74) is 6.53. The van der Waals surface area contributed by atoms with E-state index in [1.165, 1.54) is 0 Å². The highest BCUT2D eigenvalue weighted by atomic mass is 35.5. The van der Waals surface area contributed by atoms with Crippen molar-refractivity contribution in [2.45, 2.75) is 25.9 Å². The Bertz CT molecular complexity index is 369. The maximum Gasteiger partial charge on any atom is 0.224 e. The lowest BCUT2D eigenvalue weighted by Crippen LogP contribution is -2.31. The van der Waals surface area contributed by atoms with Gasteiger partial charge in [-0.15, -0.1) is 12.4 Å². The fourth-order valence-corrected chi connectivity index (χ4v) is 1.60. The zero-order valence-electron chi connectivity index (χ0n) is 10.0. The van der Waals surface area contributed by atoms with Crippen LogP contribution in [0.4, 0.5) is 0 Å². The lowest BCUT2D eigenvalue weighted by Gasteiger charge is -2.19. The first-order valence-electron chi connectivity index (χ1n) is 5.23. The highest BCUT2D eigenvalue weighted by Crippen LogP contribution is 2.16. The van der Waals surface area contributed by atoms with Crippen LogP contribution in [0.1, 0.15) is 18.9 Å². The Balaban J connectivity index is 0.00000256. The molecular weight excluding hydrogens is 259 g/mol. The summed E-state index contributed by atoms with van der Waals surface area (Å²) < 4.78 is 0. The number of benzene rings is 1. The van der Waals surface area contributed by atoms with Gasteiger partial charge in [-0.2, -0.15) is 0 Å². The van der Waals surface area contributed by atoms with Crippen LogP contribution in [0.3, 0.4) is 0 Å². The lowest BCUT2D eigenvalue weighted by molar-refractivity contribution is -0.130. The molecule has 2 N–H and O–H groups in total. The second kappa shape index (κ2) is 7.54. The minimum absolute atomic E-state index is 0. The van der Waals surface area contributed by atoms with Crippen LogP contribution in [0.15, 0.2) is 24.3 Å². The quantitative estimate of drug-likeness (QED) is 0.918.